The van der Waals surface area contributed by atoms with Gasteiger partial charge in [-0.3, -0.25) is 9.89 Å². The van der Waals surface area contributed by atoms with E-state index in [0.29, 0.717) is 5.56 Å². The molecule has 0 saturated heterocycles. The molecule has 1 aromatic heterocycles. The number of benzene rings is 1. The van der Waals surface area contributed by atoms with Crippen LogP contribution in [0.2, 0.25) is 0 Å². The molecule has 0 unspecified atom stereocenters. The molecule has 19 heavy (non-hydrogen) atoms. The highest BCUT2D eigenvalue weighted by atomic mass is 16.1. The van der Waals surface area contributed by atoms with Crippen LogP contribution in [0.3, 0.4) is 0 Å². The minimum absolute atomic E-state index is 0.127. The number of aromatic amines is 1. The van der Waals surface area contributed by atoms with Crippen LogP contribution in [0.25, 0.3) is 0 Å². The highest BCUT2D eigenvalue weighted by molar-refractivity contribution is 6.05. The van der Waals surface area contributed by atoms with Crippen molar-refractivity contribution in [3.63, 3.8) is 0 Å². The number of nitrogens with zero attached hydrogens (tertiary/aromatic N) is 2. The lowest BCUT2D eigenvalue weighted by molar-refractivity contribution is 0.102. The summed E-state index contributed by atoms with van der Waals surface area (Å²) in [5.74, 6) is -0.127. The molecule has 0 saturated carbocycles. The van der Waals surface area contributed by atoms with E-state index in [1.54, 1.807) is 0 Å². The average molecular weight is 258 g/mol. The predicted molar refractivity (Wildman–Crippen MR) is 76.8 cm³/mol. The fourth-order valence-corrected chi connectivity index (χ4v) is 1.83. The van der Waals surface area contributed by atoms with E-state index >= 15 is 0 Å². The Morgan fingerprint density at radius 2 is 1.84 bits per heavy atom. The molecule has 1 amide bonds. The topological polar surface area (TPSA) is 61.0 Å². The van der Waals surface area contributed by atoms with Crippen LogP contribution in [0.4, 0.5) is 11.4 Å². The normalized spacial score (nSPS) is 10.3. The van der Waals surface area contributed by atoms with Crippen molar-refractivity contribution in [3.8, 4) is 0 Å². The number of amides is 1. The lowest BCUT2D eigenvalue weighted by Crippen LogP contribution is -2.14. The third-order valence-corrected chi connectivity index (χ3v) is 3.01. The first-order valence-electron chi connectivity index (χ1n) is 6.09. The number of aromatic nitrogens is 2. The van der Waals surface area contributed by atoms with E-state index in [4.69, 9.17) is 0 Å². The zero-order valence-electron chi connectivity index (χ0n) is 11.6. The van der Waals surface area contributed by atoms with Gasteiger partial charge in [-0.2, -0.15) is 5.10 Å². The third-order valence-electron chi connectivity index (χ3n) is 3.01. The molecule has 0 spiro atoms. The van der Waals surface area contributed by atoms with E-state index in [0.717, 1.165) is 22.8 Å². The van der Waals surface area contributed by atoms with E-state index in [9.17, 15) is 4.79 Å². The van der Waals surface area contributed by atoms with Gasteiger partial charge in [-0.05, 0) is 38.1 Å². The van der Waals surface area contributed by atoms with Crippen LogP contribution in [0, 0.1) is 13.8 Å². The van der Waals surface area contributed by atoms with E-state index in [1.165, 1.54) is 0 Å². The Morgan fingerprint density at radius 3 is 2.32 bits per heavy atom. The van der Waals surface area contributed by atoms with E-state index in [2.05, 4.69) is 15.5 Å². The number of hydrogen-bond donors (Lipinski definition) is 2. The Bertz CT molecular complexity index is 564. The molecule has 0 radical (unpaired) electrons. The molecule has 1 aromatic carbocycles. The summed E-state index contributed by atoms with van der Waals surface area (Å²) >= 11 is 0. The van der Waals surface area contributed by atoms with Gasteiger partial charge in [-0.15, -0.1) is 0 Å². The fourth-order valence-electron chi connectivity index (χ4n) is 1.83. The van der Waals surface area contributed by atoms with Gasteiger partial charge < -0.3 is 10.2 Å². The van der Waals surface area contributed by atoms with Crippen molar-refractivity contribution in [1.82, 2.24) is 10.2 Å². The molecule has 0 fully saturated rings. The van der Waals surface area contributed by atoms with Gasteiger partial charge in [0.1, 0.15) is 0 Å². The SMILES string of the molecule is Cc1n[nH]c(C)c1NC(=O)c1ccc(N(C)C)cc1. The maximum Gasteiger partial charge on any atom is 0.255 e. The lowest BCUT2D eigenvalue weighted by atomic mass is 10.2. The first-order valence-corrected chi connectivity index (χ1v) is 6.09. The minimum atomic E-state index is -0.127. The highest BCUT2D eigenvalue weighted by Crippen LogP contribution is 2.18. The molecule has 0 atom stereocenters. The lowest BCUT2D eigenvalue weighted by Gasteiger charge is -2.12. The maximum absolute atomic E-state index is 12.1. The molecule has 100 valence electrons. The molecular formula is C14H18N4O. The minimum Gasteiger partial charge on any atom is -0.378 e. The van der Waals surface area contributed by atoms with Crippen molar-refractivity contribution in [2.75, 3.05) is 24.3 Å². The second kappa shape index (κ2) is 5.14. The molecule has 5 heteroatoms. The second-order valence-electron chi connectivity index (χ2n) is 4.70. The van der Waals surface area contributed by atoms with Crippen LogP contribution in [-0.4, -0.2) is 30.2 Å². The molecule has 0 aliphatic carbocycles. The van der Waals surface area contributed by atoms with Crippen molar-refractivity contribution in [2.45, 2.75) is 13.8 Å². The molecular weight excluding hydrogens is 240 g/mol. The second-order valence-corrected chi connectivity index (χ2v) is 4.70. The summed E-state index contributed by atoms with van der Waals surface area (Å²) in [7, 11) is 3.93. The predicted octanol–water partition coefficient (Wildman–Crippen LogP) is 2.34. The van der Waals surface area contributed by atoms with Crippen molar-refractivity contribution in [2.24, 2.45) is 0 Å². The molecule has 0 bridgehead atoms. The summed E-state index contributed by atoms with van der Waals surface area (Å²) in [6.45, 7) is 3.74. The first kappa shape index (κ1) is 13.1. The highest BCUT2D eigenvalue weighted by Gasteiger charge is 2.11. The summed E-state index contributed by atoms with van der Waals surface area (Å²) in [6.07, 6.45) is 0. The van der Waals surface area contributed by atoms with Crippen molar-refractivity contribution in [3.05, 3.63) is 41.2 Å². The number of rotatable bonds is 3. The van der Waals surface area contributed by atoms with Crippen LogP contribution in [0.5, 0.6) is 0 Å². The molecule has 0 aliphatic rings. The number of H-pyrrole nitrogens is 1. The first-order chi connectivity index (χ1) is 8.99. The fraction of sp³-hybridized carbons (Fsp3) is 0.286. The summed E-state index contributed by atoms with van der Waals surface area (Å²) in [5.41, 5.74) is 4.09. The number of nitrogens with one attached hydrogen (secondary N) is 2. The molecule has 2 aromatic rings. The van der Waals surface area contributed by atoms with Crippen molar-refractivity contribution < 1.29 is 4.79 Å². The van der Waals surface area contributed by atoms with Gasteiger partial charge in [0.2, 0.25) is 0 Å². The van der Waals surface area contributed by atoms with Gasteiger partial charge in [0.15, 0.2) is 0 Å². The Balaban J connectivity index is 2.16. The summed E-state index contributed by atoms with van der Waals surface area (Å²) in [6, 6.07) is 7.47. The number of aryl methyl sites for hydroxylation is 2. The van der Waals surface area contributed by atoms with Gasteiger partial charge in [-0.25, -0.2) is 0 Å². The average Bonchev–Trinajstić information content (AvgIpc) is 2.70. The van der Waals surface area contributed by atoms with E-state index in [1.807, 2.05) is 57.1 Å². The monoisotopic (exact) mass is 258 g/mol. The quantitative estimate of drug-likeness (QED) is 0.888. The van der Waals surface area contributed by atoms with Gasteiger partial charge >= 0.3 is 0 Å². The largest absolute Gasteiger partial charge is 0.378 e. The molecule has 2 N–H and O–H groups in total. The standard InChI is InChI=1S/C14H18N4O/c1-9-13(10(2)17-16-9)15-14(19)11-5-7-12(8-6-11)18(3)4/h5-8H,1-4H3,(H,15,19)(H,16,17). The summed E-state index contributed by atoms with van der Waals surface area (Å²) < 4.78 is 0. The van der Waals surface area contributed by atoms with Crippen molar-refractivity contribution >= 4 is 17.3 Å². The van der Waals surface area contributed by atoms with Gasteiger partial charge in [0.25, 0.3) is 5.91 Å². The molecule has 5 nitrogen and oxygen atoms in total. The number of carbonyl (C=O) groups excluding carboxylic acids is 1. The Morgan fingerprint density at radius 1 is 1.21 bits per heavy atom. The smallest absolute Gasteiger partial charge is 0.255 e. The van der Waals surface area contributed by atoms with Crippen LogP contribution < -0.4 is 10.2 Å². The van der Waals surface area contributed by atoms with Gasteiger partial charge in [0, 0.05) is 25.3 Å². The third kappa shape index (κ3) is 2.76. The Hall–Kier alpha value is -2.30. The zero-order valence-corrected chi connectivity index (χ0v) is 11.6. The summed E-state index contributed by atoms with van der Waals surface area (Å²) in [4.78, 5) is 14.1. The van der Waals surface area contributed by atoms with Crippen LogP contribution in [0.1, 0.15) is 21.7 Å². The Labute approximate surface area is 112 Å². The molecule has 0 aliphatic heterocycles. The maximum atomic E-state index is 12.1. The number of carbonyl (C=O) groups is 1. The molecule has 2 rings (SSSR count). The van der Waals surface area contributed by atoms with Crippen molar-refractivity contribution in [1.29, 1.82) is 0 Å². The van der Waals surface area contributed by atoms with E-state index < -0.39 is 0 Å². The van der Waals surface area contributed by atoms with Gasteiger partial charge in [-0.1, -0.05) is 0 Å². The Kier molecular flexibility index (Phi) is 3.55. The molecule has 1 heterocycles. The number of anilines is 2. The van der Waals surface area contributed by atoms with E-state index in [-0.39, 0.29) is 5.91 Å². The van der Waals surface area contributed by atoms with Crippen LogP contribution >= 0.6 is 0 Å². The van der Waals surface area contributed by atoms with Crippen LogP contribution in [-0.2, 0) is 0 Å². The van der Waals surface area contributed by atoms with Crippen LogP contribution in [0.15, 0.2) is 24.3 Å². The summed E-state index contributed by atoms with van der Waals surface area (Å²) in [5, 5.41) is 9.78. The zero-order chi connectivity index (χ0) is 14.0. The van der Waals surface area contributed by atoms with Gasteiger partial charge in [0.05, 0.1) is 17.1 Å². The number of hydrogen-bond acceptors (Lipinski definition) is 3.